The molecule has 1 unspecified atom stereocenters. The summed E-state index contributed by atoms with van der Waals surface area (Å²) >= 11 is 0. The van der Waals surface area contributed by atoms with Gasteiger partial charge in [-0.25, -0.2) is 0 Å². The van der Waals surface area contributed by atoms with Gasteiger partial charge in [-0.15, -0.1) is 0 Å². The molecule has 0 fully saturated rings. The Labute approximate surface area is 84.3 Å². The van der Waals surface area contributed by atoms with Crippen LogP contribution in [0.5, 0.6) is 5.75 Å². The summed E-state index contributed by atoms with van der Waals surface area (Å²) in [5.74, 6) is 1.85. The SMILES string of the molecule is CC1CNc2cc3c(cc2C1)OCC3. The van der Waals surface area contributed by atoms with Crippen LogP contribution in [0.1, 0.15) is 18.1 Å². The molecule has 1 N–H and O–H groups in total. The van der Waals surface area contributed by atoms with Crippen molar-refractivity contribution in [1.82, 2.24) is 0 Å². The highest BCUT2D eigenvalue weighted by Gasteiger charge is 2.20. The first-order valence-electron chi connectivity index (χ1n) is 5.35. The summed E-state index contributed by atoms with van der Waals surface area (Å²) in [6.45, 7) is 4.24. The summed E-state index contributed by atoms with van der Waals surface area (Å²) in [5, 5.41) is 3.49. The maximum absolute atomic E-state index is 5.57. The predicted octanol–water partition coefficient (Wildman–Crippen LogP) is 2.23. The smallest absolute Gasteiger partial charge is 0.123 e. The maximum atomic E-state index is 5.57. The van der Waals surface area contributed by atoms with Crippen LogP contribution in [0, 0.1) is 5.92 Å². The minimum atomic E-state index is 0.738. The third kappa shape index (κ3) is 1.17. The summed E-state index contributed by atoms with van der Waals surface area (Å²) in [5.41, 5.74) is 4.11. The van der Waals surface area contributed by atoms with E-state index in [1.54, 1.807) is 0 Å². The molecule has 14 heavy (non-hydrogen) atoms. The van der Waals surface area contributed by atoms with Crippen molar-refractivity contribution < 1.29 is 4.74 Å². The molecule has 1 atom stereocenters. The molecule has 74 valence electrons. The van der Waals surface area contributed by atoms with E-state index >= 15 is 0 Å². The monoisotopic (exact) mass is 189 g/mol. The second-order valence-electron chi connectivity index (χ2n) is 4.41. The first-order chi connectivity index (χ1) is 6.83. The van der Waals surface area contributed by atoms with Crippen molar-refractivity contribution in [2.45, 2.75) is 19.8 Å². The number of hydrogen-bond donors (Lipinski definition) is 1. The van der Waals surface area contributed by atoms with Crippen LogP contribution in [-0.4, -0.2) is 13.2 Å². The van der Waals surface area contributed by atoms with Gasteiger partial charge in [0.2, 0.25) is 0 Å². The molecule has 0 aromatic heterocycles. The number of fused-ring (bicyclic) bond motifs is 2. The number of ether oxygens (including phenoxy) is 1. The molecular weight excluding hydrogens is 174 g/mol. The Hall–Kier alpha value is -1.18. The normalized spacial score (nSPS) is 23.4. The molecule has 2 heterocycles. The van der Waals surface area contributed by atoms with Gasteiger partial charge in [-0.2, -0.15) is 0 Å². The summed E-state index contributed by atoms with van der Waals surface area (Å²) in [6, 6.07) is 4.49. The highest BCUT2D eigenvalue weighted by atomic mass is 16.5. The average Bonchev–Trinajstić information content (AvgIpc) is 2.61. The van der Waals surface area contributed by atoms with Gasteiger partial charge in [0.25, 0.3) is 0 Å². The number of nitrogens with one attached hydrogen (secondary N) is 1. The molecule has 0 amide bonds. The topological polar surface area (TPSA) is 21.3 Å². The van der Waals surface area contributed by atoms with Crippen LogP contribution < -0.4 is 10.1 Å². The van der Waals surface area contributed by atoms with Gasteiger partial charge in [0.15, 0.2) is 0 Å². The lowest BCUT2D eigenvalue weighted by Gasteiger charge is -2.23. The van der Waals surface area contributed by atoms with Crippen LogP contribution in [0.3, 0.4) is 0 Å². The fourth-order valence-corrected chi connectivity index (χ4v) is 2.33. The van der Waals surface area contributed by atoms with Crippen molar-refractivity contribution in [3.63, 3.8) is 0 Å². The van der Waals surface area contributed by atoms with E-state index < -0.39 is 0 Å². The van der Waals surface area contributed by atoms with Gasteiger partial charge >= 0.3 is 0 Å². The Morgan fingerprint density at radius 1 is 1.36 bits per heavy atom. The maximum Gasteiger partial charge on any atom is 0.123 e. The summed E-state index contributed by atoms with van der Waals surface area (Å²) in [6.07, 6.45) is 2.25. The van der Waals surface area contributed by atoms with Crippen LogP contribution in [0.15, 0.2) is 12.1 Å². The summed E-state index contributed by atoms with van der Waals surface area (Å²) < 4.78 is 5.57. The van der Waals surface area contributed by atoms with Crippen LogP contribution in [0.25, 0.3) is 0 Å². The minimum absolute atomic E-state index is 0.738. The van der Waals surface area contributed by atoms with Gasteiger partial charge in [-0.3, -0.25) is 0 Å². The number of benzene rings is 1. The lowest BCUT2D eigenvalue weighted by atomic mass is 9.94. The van der Waals surface area contributed by atoms with E-state index in [4.69, 9.17) is 4.74 Å². The van der Waals surface area contributed by atoms with E-state index in [1.807, 2.05) is 0 Å². The first kappa shape index (κ1) is 8.16. The van der Waals surface area contributed by atoms with Crippen molar-refractivity contribution >= 4 is 5.69 Å². The second kappa shape index (κ2) is 2.91. The standard InChI is InChI=1S/C12H15NO/c1-8-4-10-6-12-9(2-3-14-12)5-11(10)13-7-8/h5-6,8,13H,2-4,7H2,1H3. The third-order valence-corrected chi connectivity index (χ3v) is 3.12. The lowest BCUT2D eigenvalue weighted by molar-refractivity contribution is 0.356. The number of rotatable bonds is 0. The summed E-state index contributed by atoms with van der Waals surface area (Å²) in [4.78, 5) is 0. The molecule has 2 aliphatic rings. The predicted molar refractivity (Wildman–Crippen MR) is 57.0 cm³/mol. The van der Waals surface area contributed by atoms with Crippen molar-refractivity contribution in [3.05, 3.63) is 23.3 Å². The highest BCUT2D eigenvalue weighted by molar-refractivity contribution is 5.60. The van der Waals surface area contributed by atoms with Crippen LogP contribution in [0.2, 0.25) is 0 Å². The van der Waals surface area contributed by atoms with Gasteiger partial charge in [-0.05, 0) is 35.6 Å². The zero-order valence-electron chi connectivity index (χ0n) is 8.47. The fourth-order valence-electron chi connectivity index (χ4n) is 2.33. The second-order valence-corrected chi connectivity index (χ2v) is 4.41. The van der Waals surface area contributed by atoms with Crippen molar-refractivity contribution in [1.29, 1.82) is 0 Å². The molecule has 0 bridgehead atoms. The average molecular weight is 189 g/mol. The van der Waals surface area contributed by atoms with Gasteiger partial charge in [0.1, 0.15) is 5.75 Å². The number of anilines is 1. The molecule has 0 saturated heterocycles. The Morgan fingerprint density at radius 2 is 2.29 bits per heavy atom. The molecule has 1 aromatic rings. The van der Waals surface area contributed by atoms with Gasteiger partial charge in [0, 0.05) is 18.7 Å². The van der Waals surface area contributed by atoms with Crippen molar-refractivity contribution in [3.8, 4) is 5.75 Å². The molecule has 2 nitrogen and oxygen atoms in total. The van der Waals surface area contributed by atoms with Gasteiger partial charge in [0.05, 0.1) is 6.61 Å². The molecular formula is C12H15NO. The summed E-state index contributed by atoms with van der Waals surface area (Å²) in [7, 11) is 0. The lowest BCUT2D eigenvalue weighted by Crippen LogP contribution is -2.20. The highest BCUT2D eigenvalue weighted by Crippen LogP contribution is 2.34. The van der Waals surface area contributed by atoms with E-state index in [2.05, 4.69) is 24.4 Å². The molecule has 0 aliphatic carbocycles. The van der Waals surface area contributed by atoms with E-state index in [0.29, 0.717) is 0 Å². The molecule has 2 aliphatic heterocycles. The Morgan fingerprint density at radius 3 is 3.21 bits per heavy atom. The van der Waals surface area contributed by atoms with Gasteiger partial charge < -0.3 is 10.1 Å². The van der Waals surface area contributed by atoms with E-state index in [0.717, 1.165) is 31.2 Å². The quantitative estimate of drug-likeness (QED) is 0.675. The Balaban J connectivity index is 2.06. The van der Waals surface area contributed by atoms with Crippen LogP contribution in [-0.2, 0) is 12.8 Å². The van der Waals surface area contributed by atoms with E-state index in [9.17, 15) is 0 Å². The molecule has 0 radical (unpaired) electrons. The van der Waals surface area contributed by atoms with Crippen molar-refractivity contribution in [2.75, 3.05) is 18.5 Å². The van der Waals surface area contributed by atoms with E-state index in [1.165, 1.54) is 23.2 Å². The Bertz CT molecular complexity index is 373. The Kier molecular flexibility index (Phi) is 1.69. The first-order valence-corrected chi connectivity index (χ1v) is 5.35. The van der Waals surface area contributed by atoms with Crippen LogP contribution in [0.4, 0.5) is 5.69 Å². The molecule has 3 rings (SSSR count). The zero-order chi connectivity index (χ0) is 9.54. The van der Waals surface area contributed by atoms with Crippen LogP contribution >= 0.6 is 0 Å². The number of hydrogen-bond acceptors (Lipinski definition) is 2. The zero-order valence-corrected chi connectivity index (χ0v) is 8.47. The largest absolute Gasteiger partial charge is 0.493 e. The van der Waals surface area contributed by atoms with E-state index in [-0.39, 0.29) is 0 Å². The molecule has 2 heteroatoms. The van der Waals surface area contributed by atoms with Crippen molar-refractivity contribution in [2.24, 2.45) is 5.92 Å². The fraction of sp³-hybridized carbons (Fsp3) is 0.500. The van der Waals surface area contributed by atoms with Gasteiger partial charge in [-0.1, -0.05) is 6.92 Å². The molecule has 0 spiro atoms. The molecule has 1 aromatic carbocycles. The molecule has 0 saturated carbocycles. The minimum Gasteiger partial charge on any atom is -0.493 e. The third-order valence-electron chi connectivity index (χ3n) is 3.12.